The summed E-state index contributed by atoms with van der Waals surface area (Å²) in [6, 6.07) is 3.61. The molecule has 9 atom stereocenters. The van der Waals surface area contributed by atoms with E-state index >= 15 is 4.79 Å². The van der Waals surface area contributed by atoms with Gasteiger partial charge in [-0.25, -0.2) is 0 Å². The summed E-state index contributed by atoms with van der Waals surface area (Å²) in [7, 11) is 3.30. The zero-order valence-electron chi connectivity index (χ0n) is 37.1. The fourth-order valence-electron chi connectivity index (χ4n) is 8.88. The number of aliphatic hydroxyl groups excluding tert-OH is 2. The van der Waals surface area contributed by atoms with Crippen LogP contribution in [0.2, 0.25) is 0 Å². The van der Waals surface area contributed by atoms with Crippen molar-refractivity contribution in [3.63, 3.8) is 0 Å². The van der Waals surface area contributed by atoms with Crippen LogP contribution in [0.4, 0.5) is 0 Å². The lowest BCUT2D eigenvalue weighted by Gasteiger charge is -2.49. The number of unbranched alkanes of at least 4 members (excludes halogenated alkanes) is 4. The smallest absolute Gasteiger partial charge is 0.327 e. The molecule has 0 spiro atoms. The van der Waals surface area contributed by atoms with E-state index in [1.165, 1.54) is 23.0 Å². The Labute approximate surface area is 359 Å². The van der Waals surface area contributed by atoms with E-state index in [0.29, 0.717) is 24.0 Å². The molecule has 4 aliphatic rings. The second kappa shape index (κ2) is 20.5. The van der Waals surface area contributed by atoms with E-state index in [-0.39, 0.29) is 31.7 Å². The molecule has 16 heteroatoms. The second-order valence-electron chi connectivity index (χ2n) is 18.2. The molecule has 0 radical (unpaired) electrons. The number of hydrogen-bond donors (Lipinski definition) is 4. The standard InChI is InChI=1S/C45H68N4O12/c1-9-11-15-23-44(24-16-12-10-2)59-36-32-25-45(42(56)47-35(28(3)51)40(54)46-31(27-50)20-22-34(53)58-43(4,5)6)38(41(55)57-32)49(61-39(45)37(36)60-44)26-30-18-14-13-17-29(30)19-21-33(52)48(7)8/h13-14,17-19,21,28,31-32,35-39,50-51H,9-12,15-16,20,22-27H2,1-8H3,(H,46,54)(H,47,56)/t28-,31-,32+,35+,36-,37-,38-,39+,45-/m0/s1. The average molecular weight is 857 g/mol. The van der Waals surface area contributed by atoms with Gasteiger partial charge in [0.05, 0.1) is 25.3 Å². The second-order valence-corrected chi connectivity index (χ2v) is 18.2. The number of rotatable bonds is 21. The number of nitrogens with one attached hydrogen (secondary N) is 2. The van der Waals surface area contributed by atoms with Crippen molar-refractivity contribution in [3.8, 4) is 0 Å². The third-order valence-corrected chi connectivity index (χ3v) is 12.0. The summed E-state index contributed by atoms with van der Waals surface area (Å²) in [5.41, 5.74) is -0.991. The van der Waals surface area contributed by atoms with Gasteiger partial charge in [0.25, 0.3) is 0 Å². The Morgan fingerprint density at radius 1 is 1.02 bits per heavy atom. The van der Waals surface area contributed by atoms with Crippen molar-refractivity contribution < 1.29 is 58.0 Å². The third kappa shape index (κ3) is 11.2. The number of benzene rings is 1. The van der Waals surface area contributed by atoms with Crippen LogP contribution in [0.25, 0.3) is 6.08 Å². The summed E-state index contributed by atoms with van der Waals surface area (Å²) in [6.45, 7) is 10.3. The number of aliphatic hydroxyl groups is 2. The number of amides is 3. The van der Waals surface area contributed by atoms with Crippen LogP contribution in [0.1, 0.15) is 123 Å². The Kier molecular flexibility index (Phi) is 16.2. The minimum atomic E-state index is -1.67. The SMILES string of the molecule is CCCCCC1(CCCCC)O[C@@H]2[C@H](O1)[C@H]1ON(Cc3ccccc3C=CC(=O)N(C)C)[C@H]3C(=O)O[C@@H]2C[C@@]13C(=O)N[C@@H](C(=O)N[C@H](CO)CCC(=O)OC(C)(C)C)[C@H](C)O. The van der Waals surface area contributed by atoms with Crippen LogP contribution < -0.4 is 10.6 Å². The minimum absolute atomic E-state index is 0.0108. The van der Waals surface area contributed by atoms with Gasteiger partial charge in [0, 0.05) is 45.9 Å². The van der Waals surface area contributed by atoms with E-state index in [1.54, 1.807) is 40.9 Å². The summed E-state index contributed by atoms with van der Waals surface area (Å²) >= 11 is 0. The number of hydroxylamine groups is 2. The molecule has 3 saturated heterocycles. The van der Waals surface area contributed by atoms with Crippen LogP contribution in [0.15, 0.2) is 30.3 Å². The van der Waals surface area contributed by atoms with E-state index in [0.717, 1.165) is 38.5 Å². The quantitative estimate of drug-likeness (QED) is 0.0793. The zero-order chi connectivity index (χ0) is 44.7. The lowest BCUT2D eigenvalue weighted by atomic mass is 9.62. The number of esters is 2. The molecular weight excluding hydrogens is 789 g/mol. The molecule has 61 heavy (non-hydrogen) atoms. The van der Waals surface area contributed by atoms with Crippen LogP contribution in [0, 0.1) is 5.41 Å². The number of ether oxygens (including phenoxy) is 4. The normalized spacial score (nSPS) is 26.9. The summed E-state index contributed by atoms with van der Waals surface area (Å²) < 4.78 is 25.4. The molecule has 340 valence electrons. The number of fused-ring (bicyclic) bond motifs is 4. The molecule has 1 aliphatic carbocycles. The summed E-state index contributed by atoms with van der Waals surface area (Å²) in [4.78, 5) is 76.5. The molecule has 4 fully saturated rings. The predicted octanol–water partition coefficient (Wildman–Crippen LogP) is 3.69. The highest BCUT2D eigenvalue weighted by atomic mass is 16.8. The van der Waals surface area contributed by atoms with Crippen molar-refractivity contribution in [1.29, 1.82) is 0 Å². The number of carbonyl (C=O) groups is 5. The van der Waals surface area contributed by atoms with Gasteiger partial charge in [-0.2, -0.15) is 5.06 Å². The average Bonchev–Trinajstić information content (AvgIpc) is 3.75. The monoisotopic (exact) mass is 856 g/mol. The van der Waals surface area contributed by atoms with Gasteiger partial charge in [0.2, 0.25) is 17.7 Å². The van der Waals surface area contributed by atoms with Crippen molar-refractivity contribution in [1.82, 2.24) is 20.6 Å². The van der Waals surface area contributed by atoms with E-state index in [9.17, 15) is 29.4 Å². The van der Waals surface area contributed by atoms with Gasteiger partial charge in [-0.3, -0.25) is 28.8 Å². The molecule has 3 amide bonds. The van der Waals surface area contributed by atoms with Gasteiger partial charge in [0.1, 0.15) is 41.5 Å². The molecule has 1 aromatic rings. The van der Waals surface area contributed by atoms with Gasteiger partial charge >= 0.3 is 11.9 Å². The van der Waals surface area contributed by atoms with E-state index in [2.05, 4.69) is 24.5 Å². The molecule has 1 aromatic carbocycles. The Balaban J connectivity index is 1.49. The molecule has 4 N–H and O–H groups in total. The molecular formula is C45H68N4O12. The third-order valence-electron chi connectivity index (χ3n) is 12.0. The van der Waals surface area contributed by atoms with Crippen molar-refractivity contribution in [2.75, 3.05) is 20.7 Å². The fraction of sp³-hybridized carbons (Fsp3) is 0.711. The van der Waals surface area contributed by atoms with Crippen LogP contribution in [0.5, 0.6) is 0 Å². The molecule has 0 aromatic heterocycles. The van der Waals surface area contributed by atoms with Crippen LogP contribution >= 0.6 is 0 Å². The summed E-state index contributed by atoms with van der Waals surface area (Å²) in [5.74, 6) is -3.94. The Bertz CT molecular complexity index is 1740. The van der Waals surface area contributed by atoms with Crippen molar-refractivity contribution >= 4 is 35.7 Å². The molecule has 5 rings (SSSR count). The number of likely N-dealkylation sites (N-methyl/N-ethyl adjacent to an activating group) is 1. The molecule has 2 bridgehead atoms. The van der Waals surface area contributed by atoms with Crippen molar-refractivity contribution in [2.45, 2.75) is 179 Å². The Morgan fingerprint density at radius 2 is 1.67 bits per heavy atom. The highest BCUT2D eigenvalue weighted by Gasteiger charge is 2.76. The lowest BCUT2D eigenvalue weighted by Crippen LogP contribution is -2.71. The number of hydrogen-bond acceptors (Lipinski definition) is 13. The Hall–Kier alpha value is -3.93. The number of carbonyl (C=O) groups excluding carboxylic acids is 5. The molecule has 1 saturated carbocycles. The van der Waals surface area contributed by atoms with E-state index in [1.807, 2.05) is 24.3 Å². The van der Waals surface area contributed by atoms with Crippen LogP contribution in [-0.2, 0) is 54.3 Å². The molecule has 0 unspecified atom stereocenters. The predicted molar refractivity (Wildman–Crippen MR) is 224 cm³/mol. The van der Waals surface area contributed by atoms with Crippen molar-refractivity contribution in [2.24, 2.45) is 5.41 Å². The van der Waals surface area contributed by atoms with Crippen LogP contribution in [0.3, 0.4) is 0 Å². The van der Waals surface area contributed by atoms with Gasteiger partial charge in [-0.15, -0.1) is 0 Å². The highest BCUT2D eigenvalue weighted by Crippen LogP contribution is 2.58. The van der Waals surface area contributed by atoms with Gasteiger partial charge < -0.3 is 44.7 Å². The van der Waals surface area contributed by atoms with E-state index < -0.39 is 95.8 Å². The maximum Gasteiger partial charge on any atom is 0.327 e. The highest BCUT2D eigenvalue weighted by molar-refractivity contribution is 5.96. The number of nitrogens with zero attached hydrogens (tertiary/aromatic N) is 2. The van der Waals surface area contributed by atoms with E-state index in [4.69, 9.17) is 23.8 Å². The first kappa shape index (κ1) is 48.1. The first-order chi connectivity index (χ1) is 28.9. The minimum Gasteiger partial charge on any atom is -0.460 e. The maximum atomic E-state index is 15.2. The topological polar surface area (TPSA) is 202 Å². The van der Waals surface area contributed by atoms with Gasteiger partial charge in [0.15, 0.2) is 11.8 Å². The fourth-order valence-corrected chi connectivity index (χ4v) is 8.88. The molecule has 3 aliphatic heterocycles. The van der Waals surface area contributed by atoms with Gasteiger partial charge in [-0.1, -0.05) is 63.8 Å². The first-order valence-electron chi connectivity index (χ1n) is 22.0. The zero-order valence-corrected chi connectivity index (χ0v) is 37.1. The summed E-state index contributed by atoms with van der Waals surface area (Å²) in [6.07, 6.45) is 4.94. The first-order valence-corrected chi connectivity index (χ1v) is 22.0. The largest absolute Gasteiger partial charge is 0.460 e. The van der Waals surface area contributed by atoms with Crippen LogP contribution in [-0.4, -0.2) is 131 Å². The molecule has 3 heterocycles. The summed E-state index contributed by atoms with van der Waals surface area (Å²) in [5, 5.41) is 28.0. The lowest BCUT2D eigenvalue weighted by molar-refractivity contribution is -0.224. The van der Waals surface area contributed by atoms with Crippen molar-refractivity contribution in [3.05, 3.63) is 41.5 Å². The molecule has 16 nitrogen and oxygen atoms in total. The Morgan fingerprint density at radius 3 is 2.28 bits per heavy atom. The maximum absolute atomic E-state index is 15.2. The van der Waals surface area contributed by atoms with Gasteiger partial charge in [-0.05, 0) is 64.2 Å².